The van der Waals surface area contributed by atoms with Crippen molar-refractivity contribution in [1.29, 1.82) is 0 Å². The van der Waals surface area contributed by atoms with E-state index in [0.29, 0.717) is 0 Å². The zero-order valence-corrected chi connectivity index (χ0v) is 12.5. The molecule has 1 aromatic rings. The minimum absolute atomic E-state index is 0.0743. The second kappa shape index (κ2) is 5.90. The maximum absolute atomic E-state index is 12.4. The van der Waals surface area contributed by atoms with E-state index in [2.05, 4.69) is 0 Å². The topological polar surface area (TPSA) is 74.7 Å². The molecule has 0 bridgehead atoms. The Morgan fingerprint density at radius 2 is 2.00 bits per heavy atom. The highest BCUT2D eigenvalue weighted by molar-refractivity contribution is 7.89. The van der Waals surface area contributed by atoms with Crippen LogP contribution in [0.5, 0.6) is 0 Å². The van der Waals surface area contributed by atoms with Crippen LogP contribution in [0.25, 0.3) is 0 Å². The molecule has 0 saturated carbocycles. The molecule has 106 valence electrons. The van der Waals surface area contributed by atoms with E-state index in [1.165, 1.54) is 12.1 Å². The summed E-state index contributed by atoms with van der Waals surface area (Å²) in [5.41, 5.74) is 0.832. The molecule has 7 heteroatoms. The Morgan fingerprint density at radius 3 is 2.42 bits per heavy atom. The number of carboxylic acid groups (broad SMARTS) is 1. The summed E-state index contributed by atoms with van der Waals surface area (Å²) in [5, 5.41) is 8.91. The van der Waals surface area contributed by atoms with Gasteiger partial charge in [-0.1, -0.05) is 17.7 Å². The number of hydrogen-bond acceptors (Lipinski definition) is 3. The van der Waals surface area contributed by atoms with E-state index in [0.717, 1.165) is 9.87 Å². The van der Waals surface area contributed by atoms with Crippen molar-refractivity contribution in [1.82, 2.24) is 4.31 Å². The third-order valence-corrected chi connectivity index (χ3v) is 5.05. The van der Waals surface area contributed by atoms with Gasteiger partial charge in [-0.15, -0.1) is 0 Å². The summed E-state index contributed by atoms with van der Waals surface area (Å²) in [4.78, 5) is 10.7. The van der Waals surface area contributed by atoms with Crippen LogP contribution in [0.4, 0.5) is 0 Å². The first kappa shape index (κ1) is 15.9. The zero-order valence-electron chi connectivity index (χ0n) is 10.9. The molecule has 1 N–H and O–H groups in total. The Morgan fingerprint density at radius 1 is 1.42 bits per heavy atom. The fraction of sp³-hybridized carbons (Fsp3) is 0.417. The molecule has 0 amide bonds. The molecule has 0 aromatic heterocycles. The molecule has 19 heavy (non-hydrogen) atoms. The van der Waals surface area contributed by atoms with E-state index in [1.807, 2.05) is 0 Å². The first-order valence-electron chi connectivity index (χ1n) is 5.66. The van der Waals surface area contributed by atoms with Gasteiger partial charge in [-0.3, -0.25) is 4.79 Å². The maximum atomic E-state index is 12.4. The van der Waals surface area contributed by atoms with Gasteiger partial charge >= 0.3 is 5.97 Å². The summed E-state index contributed by atoms with van der Waals surface area (Å²) in [6, 6.07) is 4.08. The Bertz CT molecular complexity index is 583. The fourth-order valence-corrected chi connectivity index (χ4v) is 3.78. The Balaban J connectivity index is 3.30. The molecule has 5 nitrogen and oxygen atoms in total. The van der Waals surface area contributed by atoms with Gasteiger partial charge in [0, 0.05) is 6.04 Å². The van der Waals surface area contributed by atoms with Crippen LogP contribution in [-0.4, -0.2) is 36.4 Å². The molecule has 0 aliphatic rings. The summed E-state index contributed by atoms with van der Waals surface area (Å²) >= 11 is 5.95. The van der Waals surface area contributed by atoms with E-state index < -0.39 is 28.6 Å². The van der Waals surface area contributed by atoms with Crippen LogP contribution in [-0.2, 0) is 14.8 Å². The molecule has 1 rings (SSSR count). The van der Waals surface area contributed by atoms with Crippen LogP contribution in [0.2, 0.25) is 5.02 Å². The average Bonchev–Trinajstić information content (AvgIpc) is 2.24. The molecule has 0 fully saturated rings. The summed E-state index contributed by atoms with van der Waals surface area (Å²) in [5.74, 6) is -1.21. The van der Waals surface area contributed by atoms with Crippen LogP contribution >= 0.6 is 11.6 Å². The highest BCUT2D eigenvalue weighted by Gasteiger charge is 2.30. The molecule has 0 aliphatic carbocycles. The Hall–Kier alpha value is -1.11. The average molecular weight is 306 g/mol. The molecule has 0 heterocycles. The Kier molecular flexibility index (Phi) is 4.95. The van der Waals surface area contributed by atoms with Gasteiger partial charge in [0.2, 0.25) is 10.0 Å². The lowest BCUT2D eigenvalue weighted by atomic mass is 10.2. The standard InChI is InChI=1S/C12H16ClNO4S/c1-8(2)14(7-12(15)16)19(17,18)11-5-4-9(3)6-10(11)13/h4-6,8H,7H2,1-3H3,(H,15,16). The van der Waals surface area contributed by atoms with Crippen LogP contribution in [0.1, 0.15) is 19.4 Å². The third kappa shape index (κ3) is 3.68. The van der Waals surface area contributed by atoms with E-state index in [4.69, 9.17) is 16.7 Å². The number of rotatable bonds is 5. The zero-order chi connectivity index (χ0) is 14.8. The Labute approximate surface area is 117 Å². The lowest BCUT2D eigenvalue weighted by Crippen LogP contribution is -2.40. The van der Waals surface area contributed by atoms with Gasteiger partial charge in [-0.25, -0.2) is 8.42 Å². The number of aryl methyl sites for hydroxylation is 1. The van der Waals surface area contributed by atoms with E-state index in [-0.39, 0.29) is 9.92 Å². The van der Waals surface area contributed by atoms with E-state index in [1.54, 1.807) is 26.8 Å². The number of benzene rings is 1. The van der Waals surface area contributed by atoms with Crippen molar-refractivity contribution in [3.63, 3.8) is 0 Å². The van der Waals surface area contributed by atoms with Gasteiger partial charge < -0.3 is 5.11 Å². The summed E-state index contributed by atoms with van der Waals surface area (Å²) < 4.78 is 25.7. The molecular weight excluding hydrogens is 290 g/mol. The number of carbonyl (C=O) groups is 1. The number of halogens is 1. The number of sulfonamides is 1. The number of nitrogens with zero attached hydrogens (tertiary/aromatic N) is 1. The smallest absolute Gasteiger partial charge is 0.318 e. The predicted octanol–water partition coefficient (Wildman–Crippen LogP) is 2.13. The summed E-state index contributed by atoms with van der Waals surface area (Å²) in [6.07, 6.45) is 0. The van der Waals surface area contributed by atoms with Crippen LogP contribution in [0.15, 0.2) is 23.1 Å². The molecule has 0 saturated heterocycles. The van der Waals surface area contributed by atoms with Gasteiger partial charge in [-0.05, 0) is 38.5 Å². The molecule has 1 aromatic carbocycles. The molecule has 0 radical (unpaired) electrons. The van der Waals surface area contributed by atoms with Crippen LogP contribution in [0, 0.1) is 6.92 Å². The number of hydrogen-bond donors (Lipinski definition) is 1. The highest BCUT2D eigenvalue weighted by Crippen LogP contribution is 2.26. The van der Waals surface area contributed by atoms with E-state index >= 15 is 0 Å². The predicted molar refractivity (Wildman–Crippen MR) is 72.9 cm³/mol. The van der Waals surface area contributed by atoms with Crippen molar-refractivity contribution >= 4 is 27.6 Å². The van der Waals surface area contributed by atoms with Crippen molar-refractivity contribution in [3.8, 4) is 0 Å². The highest BCUT2D eigenvalue weighted by atomic mass is 35.5. The number of carboxylic acids is 1. The second-order valence-corrected chi connectivity index (χ2v) is 6.74. The van der Waals surface area contributed by atoms with Gasteiger partial charge in [0.25, 0.3) is 0 Å². The largest absolute Gasteiger partial charge is 0.480 e. The van der Waals surface area contributed by atoms with Gasteiger partial charge in [0.15, 0.2) is 0 Å². The molecule has 0 atom stereocenters. The molecule has 0 aliphatic heterocycles. The van der Waals surface area contributed by atoms with Crippen molar-refractivity contribution in [2.24, 2.45) is 0 Å². The fourth-order valence-electron chi connectivity index (χ4n) is 1.62. The van der Waals surface area contributed by atoms with Gasteiger partial charge in [-0.2, -0.15) is 4.31 Å². The monoisotopic (exact) mass is 305 g/mol. The van der Waals surface area contributed by atoms with E-state index in [9.17, 15) is 13.2 Å². The minimum atomic E-state index is -3.92. The number of aliphatic carboxylic acids is 1. The lowest BCUT2D eigenvalue weighted by Gasteiger charge is -2.24. The van der Waals surface area contributed by atoms with Crippen LogP contribution in [0.3, 0.4) is 0 Å². The molecular formula is C12H16ClNO4S. The lowest BCUT2D eigenvalue weighted by molar-refractivity contribution is -0.137. The van der Waals surface area contributed by atoms with Crippen molar-refractivity contribution in [3.05, 3.63) is 28.8 Å². The first-order chi connectivity index (χ1) is 8.66. The van der Waals surface area contributed by atoms with Crippen molar-refractivity contribution in [2.75, 3.05) is 6.54 Å². The van der Waals surface area contributed by atoms with Crippen molar-refractivity contribution < 1.29 is 18.3 Å². The third-order valence-electron chi connectivity index (χ3n) is 2.54. The SMILES string of the molecule is Cc1ccc(S(=O)(=O)N(CC(=O)O)C(C)C)c(Cl)c1. The first-order valence-corrected chi connectivity index (χ1v) is 7.48. The second-order valence-electron chi connectivity index (χ2n) is 4.47. The van der Waals surface area contributed by atoms with Crippen LogP contribution < -0.4 is 0 Å². The molecule has 0 spiro atoms. The summed E-state index contributed by atoms with van der Waals surface area (Å²) in [6.45, 7) is 4.43. The minimum Gasteiger partial charge on any atom is -0.480 e. The molecule has 0 unspecified atom stereocenters. The maximum Gasteiger partial charge on any atom is 0.318 e. The quantitative estimate of drug-likeness (QED) is 0.904. The summed E-state index contributed by atoms with van der Waals surface area (Å²) in [7, 11) is -3.92. The van der Waals surface area contributed by atoms with Gasteiger partial charge in [0.1, 0.15) is 11.4 Å². The normalized spacial score (nSPS) is 12.1. The van der Waals surface area contributed by atoms with Crippen molar-refractivity contribution in [2.45, 2.75) is 31.7 Å². The van der Waals surface area contributed by atoms with Gasteiger partial charge in [0.05, 0.1) is 5.02 Å².